The van der Waals surface area contributed by atoms with Gasteiger partial charge in [0.2, 0.25) is 0 Å². The van der Waals surface area contributed by atoms with Crippen LogP contribution in [0.15, 0.2) is 23.8 Å². The van der Waals surface area contributed by atoms with Crippen molar-refractivity contribution < 1.29 is 9.53 Å². The Morgan fingerprint density at radius 1 is 1.38 bits per heavy atom. The standard InChI is InChI=1S/C25H34N2O2/c1-3-4-18-12-21(13-19-7-10-29-25(18)19)22-15-24(27(16-22)8-9-28)6-5-23(26)14-20-11-17(20)2/h9,11-13,20,22,24,26H,3-8,10,14-16H2,1-2H3. The topological polar surface area (TPSA) is 53.4 Å². The number of nitrogens with zero attached hydrogens (tertiary/aromatic N) is 1. The number of aryl methyl sites for hydroxylation is 1. The van der Waals surface area contributed by atoms with Crippen LogP contribution in [0, 0.1) is 11.3 Å². The van der Waals surface area contributed by atoms with E-state index in [1.54, 1.807) is 0 Å². The second-order valence-corrected chi connectivity index (χ2v) is 9.09. The molecule has 1 saturated heterocycles. The highest BCUT2D eigenvalue weighted by molar-refractivity contribution is 5.82. The zero-order chi connectivity index (χ0) is 20.4. The molecular weight excluding hydrogens is 360 g/mol. The van der Waals surface area contributed by atoms with Crippen LogP contribution in [-0.2, 0) is 17.6 Å². The molecule has 3 unspecified atom stereocenters. The van der Waals surface area contributed by atoms with Crippen molar-refractivity contribution in [3.63, 3.8) is 0 Å². The number of benzene rings is 1. The fourth-order valence-electron chi connectivity index (χ4n) is 5.15. The van der Waals surface area contributed by atoms with E-state index in [0.29, 0.717) is 24.4 Å². The lowest BCUT2D eigenvalue weighted by atomic mass is 9.90. The first-order chi connectivity index (χ1) is 14.1. The van der Waals surface area contributed by atoms with Crippen molar-refractivity contribution in [3.8, 4) is 5.75 Å². The summed E-state index contributed by atoms with van der Waals surface area (Å²) in [6.07, 6.45) is 10.3. The van der Waals surface area contributed by atoms with Crippen molar-refractivity contribution in [1.29, 1.82) is 5.41 Å². The maximum Gasteiger partial charge on any atom is 0.133 e. The van der Waals surface area contributed by atoms with Gasteiger partial charge in [-0.15, -0.1) is 0 Å². The fourth-order valence-corrected chi connectivity index (χ4v) is 5.15. The average Bonchev–Trinajstić information content (AvgIpc) is 3.10. The number of likely N-dealkylation sites (tertiary alicyclic amines) is 1. The van der Waals surface area contributed by atoms with E-state index in [1.807, 2.05) is 0 Å². The van der Waals surface area contributed by atoms with Gasteiger partial charge in [-0.3, -0.25) is 4.90 Å². The first kappa shape index (κ1) is 20.3. The fraction of sp³-hybridized carbons (Fsp3) is 0.600. The Bertz CT molecular complexity index is 813. The second kappa shape index (κ2) is 8.83. The summed E-state index contributed by atoms with van der Waals surface area (Å²) in [7, 11) is 0. The molecule has 0 bridgehead atoms. The van der Waals surface area contributed by atoms with Gasteiger partial charge in [0.1, 0.15) is 12.0 Å². The monoisotopic (exact) mass is 394 g/mol. The van der Waals surface area contributed by atoms with E-state index >= 15 is 0 Å². The van der Waals surface area contributed by atoms with Crippen LogP contribution in [0.25, 0.3) is 0 Å². The number of allylic oxidation sites excluding steroid dienone is 2. The zero-order valence-corrected chi connectivity index (χ0v) is 17.9. The molecule has 1 aromatic carbocycles. The number of ether oxygens (including phenoxy) is 1. The summed E-state index contributed by atoms with van der Waals surface area (Å²) in [5, 5.41) is 8.32. The molecule has 2 aliphatic heterocycles. The Kier molecular flexibility index (Phi) is 6.19. The van der Waals surface area contributed by atoms with Gasteiger partial charge < -0.3 is 14.9 Å². The molecule has 0 spiro atoms. The molecule has 0 saturated carbocycles. The molecule has 0 aromatic heterocycles. The number of rotatable bonds is 10. The molecule has 29 heavy (non-hydrogen) atoms. The van der Waals surface area contributed by atoms with E-state index in [2.05, 4.69) is 37.0 Å². The summed E-state index contributed by atoms with van der Waals surface area (Å²) in [6, 6.07) is 5.12. The Morgan fingerprint density at radius 2 is 2.21 bits per heavy atom. The van der Waals surface area contributed by atoms with E-state index < -0.39 is 0 Å². The Labute approximate surface area is 174 Å². The van der Waals surface area contributed by atoms with E-state index in [4.69, 9.17) is 10.1 Å². The highest BCUT2D eigenvalue weighted by Gasteiger charge is 2.34. The highest BCUT2D eigenvalue weighted by Crippen LogP contribution is 2.39. The van der Waals surface area contributed by atoms with Gasteiger partial charge in [-0.05, 0) is 61.6 Å². The molecule has 4 nitrogen and oxygen atoms in total. The van der Waals surface area contributed by atoms with Crippen molar-refractivity contribution in [2.45, 2.75) is 70.8 Å². The molecule has 2 heterocycles. The Hall–Kier alpha value is -1.94. The third kappa shape index (κ3) is 4.63. The smallest absolute Gasteiger partial charge is 0.133 e. The van der Waals surface area contributed by atoms with Gasteiger partial charge in [0.25, 0.3) is 0 Å². The SMILES string of the molecule is CCCc1cc(C2CC(CCC(=N)CC3C=C3C)N(CC=O)C2)cc2c1OCC2. The molecule has 3 atom stereocenters. The lowest BCUT2D eigenvalue weighted by molar-refractivity contribution is -0.109. The van der Waals surface area contributed by atoms with Gasteiger partial charge in [0.05, 0.1) is 13.2 Å². The predicted octanol–water partition coefficient (Wildman–Crippen LogP) is 4.70. The van der Waals surface area contributed by atoms with Crippen LogP contribution in [0.2, 0.25) is 0 Å². The number of carbonyl (C=O) groups is 1. The van der Waals surface area contributed by atoms with E-state index in [1.165, 1.54) is 22.3 Å². The van der Waals surface area contributed by atoms with Gasteiger partial charge in [-0.2, -0.15) is 0 Å². The van der Waals surface area contributed by atoms with Crippen LogP contribution in [0.4, 0.5) is 0 Å². The Balaban J connectivity index is 1.43. The summed E-state index contributed by atoms with van der Waals surface area (Å²) in [5.74, 6) is 2.16. The van der Waals surface area contributed by atoms with Gasteiger partial charge in [0.15, 0.2) is 0 Å². The largest absolute Gasteiger partial charge is 0.493 e. The van der Waals surface area contributed by atoms with E-state index in [-0.39, 0.29) is 0 Å². The molecule has 1 aromatic rings. The van der Waals surface area contributed by atoms with Crippen LogP contribution < -0.4 is 4.74 Å². The lowest BCUT2D eigenvalue weighted by Crippen LogP contribution is -2.31. The molecule has 1 aliphatic carbocycles. The summed E-state index contributed by atoms with van der Waals surface area (Å²) < 4.78 is 5.91. The first-order valence-electron chi connectivity index (χ1n) is 11.3. The minimum absolute atomic E-state index is 0.401. The molecule has 1 N–H and O–H groups in total. The van der Waals surface area contributed by atoms with Crippen molar-refractivity contribution >= 4 is 12.0 Å². The minimum atomic E-state index is 0.401. The third-order valence-corrected chi connectivity index (χ3v) is 6.90. The number of fused-ring (bicyclic) bond motifs is 1. The summed E-state index contributed by atoms with van der Waals surface area (Å²) in [5.41, 5.74) is 6.44. The van der Waals surface area contributed by atoms with E-state index in [0.717, 1.165) is 75.8 Å². The number of hydrogen-bond acceptors (Lipinski definition) is 4. The maximum absolute atomic E-state index is 11.3. The summed E-state index contributed by atoms with van der Waals surface area (Å²) in [4.78, 5) is 13.6. The van der Waals surface area contributed by atoms with Gasteiger partial charge in [-0.1, -0.05) is 37.1 Å². The van der Waals surface area contributed by atoms with Gasteiger partial charge in [0, 0.05) is 30.6 Å². The maximum atomic E-state index is 11.3. The minimum Gasteiger partial charge on any atom is -0.493 e. The van der Waals surface area contributed by atoms with E-state index in [9.17, 15) is 4.79 Å². The first-order valence-corrected chi connectivity index (χ1v) is 11.3. The molecule has 0 radical (unpaired) electrons. The highest BCUT2D eigenvalue weighted by atomic mass is 16.5. The van der Waals surface area contributed by atoms with Gasteiger partial charge >= 0.3 is 0 Å². The van der Waals surface area contributed by atoms with Gasteiger partial charge in [-0.25, -0.2) is 0 Å². The number of carbonyl (C=O) groups excluding carboxylic acids is 1. The van der Waals surface area contributed by atoms with Crippen LogP contribution in [-0.4, -0.2) is 42.6 Å². The second-order valence-electron chi connectivity index (χ2n) is 9.09. The average molecular weight is 395 g/mol. The summed E-state index contributed by atoms with van der Waals surface area (Å²) in [6.45, 7) is 6.63. The number of nitrogens with one attached hydrogen (secondary N) is 1. The third-order valence-electron chi connectivity index (χ3n) is 6.90. The normalized spacial score (nSPS) is 25.4. The Morgan fingerprint density at radius 3 is 2.93 bits per heavy atom. The molecule has 4 rings (SSSR count). The van der Waals surface area contributed by atoms with Crippen LogP contribution >= 0.6 is 0 Å². The molecule has 0 amide bonds. The predicted molar refractivity (Wildman–Crippen MR) is 117 cm³/mol. The van der Waals surface area contributed by atoms with Crippen LogP contribution in [0.3, 0.4) is 0 Å². The van der Waals surface area contributed by atoms with Crippen molar-refractivity contribution in [2.24, 2.45) is 5.92 Å². The molecule has 3 aliphatic rings. The van der Waals surface area contributed by atoms with Crippen molar-refractivity contribution in [3.05, 3.63) is 40.5 Å². The van der Waals surface area contributed by atoms with Crippen LogP contribution in [0.5, 0.6) is 5.75 Å². The number of hydrogen-bond donors (Lipinski definition) is 1. The molecule has 1 fully saturated rings. The zero-order valence-electron chi connectivity index (χ0n) is 17.9. The molecule has 156 valence electrons. The van der Waals surface area contributed by atoms with Crippen molar-refractivity contribution in [2.75, 3.05) is 19.7 Å². The quantitative estimate of drug-likeness (QED) is 0.356. The molecular formula is C25H34N2O2. The van der Waals surface area contributed by atoms with Crippen LogP contribution in [0.1, 0.15) is 68.6 Å². The van der Waals surface area contributed by atoms with Crippen molar-refractivity contribution in [1.82, 2.24) is 4.90 Å². The number of aldehydes is 1. The lowest BCUT2D eigenvalue weighted by Gasteiger charge is -2.21. The summed E-state index contributed by atoms with van der Waals surface area (Å²) >= 11 is 0. The molecule has 4 heteroatoms.